The predicted octanol–water partition coefficient (Wildman–Crippen LogP) is 3.48. The van der Waals surface area contributed by atoms with Crippen LogP contribution >= 0.6 is 0 Å². The summed E-state index contributed by atoms with van der Waals surface area (Å²) < 4.78 is 0. The number of hydrogen-bond donors (Lipinski definition) is 2. The summed E-state index contributed by atoms with van der Waals surface area (Å²) in [6, 6.07) is 7.86. The zero-order chi connectivity index (χ0) is 19.6. The van der Waals surface area contributed by atoms with Crippen LogP contribution in [0.15, 0.2) is 24.3 Å². The van der Waals surface area contributed by atoms with E-state index in [1.165, 1.54) is 0 Å². The Morgan fingerprint density at radius 1 is 1.26 bits per heavy atom. The number of rotatable bonds is 5. The maximum absolute atomic E-state index is 12.7. The number of aromatic amines is 1. The van der Waals surface area contributed by atoms with Gasteiger partial charge in [-0.3, -0.25) is 9.59 Å². The van der Waals surface area contributed by atoms with E-state index in [2.05, 4.69) is 30.7 Å². The topological polar surface area (TPSA) is 86.3 Å². The minimum atomic E-state index is -0.774. The first-order chi connectivity index (χ1) is 12.7. The first-order valence-corrected chi connectivity index (χ1v) is 9.64. The molecule has 1 aromatic heterocycles. The minimum absolute atomic E-state index is 0.0524. The van der Waals surface area contributed by atoms with Crippen LogP contribution in [0.25, 0.3) is 11.0 Å². The Balaban J connectivity index is 1.75. The summed E-state index contributed by atoms with van der Waals surface area (Å²) in [4.78, 5) is 33.9. The monoisotopic (exact) mass is 371 g/mol. The quantitative estimate of drug-likeness (QED) is 0.842. The van der Waals surface area contributed by atoms with Crippen LogP contribution in [0.1, 0.15) is 45.9 Å². The van der Waals surface area contributed by atoms with Gasteiger partial charge in [-0.05, 0) is 35.8 Å². The highest BCUT2D eigenvalue weighted by molar-refractivity contribution is 5.77. The van der Waals surface area contributed by atoms with Crippen molar-refractivity contribution < 1.29 is 14.7 Å². The molecular weight excluding hydrogens is 342 g/mol. The number of aliphatic carboxylic acids is 1. The molecule has 0 saturated carbocycles. The second-order valence-electron chi connectivity index (χ2n) is 8.89. The van der Waals surface area contributed by atoms with Crippen LogP contribution < -0.4 is 0 Å². The Morgan fingerprint density at radius 2 is 2.00 bits per heavy atom. The molecule has 2 heterocycles. The number of aromatic nitrogens is 2. The third-order valence-electron chi connectivity index (χ3n) is 5.26. The van der Waals surface area contributed by atoms with E-state index in [0.29, 0.717) is 25.9 Å². The van der Waals surface area contributed by atoms with Crippen LogP contribution in [0.3, 0.4) is 0 Å². The van der Waals surface area contributed by atoms with E-state index in [9.17, 15) is 14.7 Å². The molecule has 0 aliphatic carbocycles. The van der Waals surface area contributed by atoms with E-state index in [4.69, 9.17) is 0 Å². The number of piperidine rings is 1. The molecule has 6 nitrogen and oxygen atoms in total. The Bertz CT molecular complexity index is 788. The van der Waals surface area contributed by atoms with Gasteiger partial charge in [-0.2, -0.15) is 0 Å². The molecule has 1 aliphatic heterocycles. The summed E-state index contributed by atoms with van der Waals surface area (Å²) in [5, 5.41) is 9.29. The third kappa shape index (κ3) is 5.08. The summed E-state index contributed by atoms with van der Waals surface area (Å²) >= 11 is 0. The molecule has 2 N–H and O–H groups in total. The molecule has 6 heteroatoms. The summed E-state index contributed by atoms with van der Waals surface area (Å²) in [6.07, 6.45) is 2.04. The van der Waals surface area contributed by atoms with Gasteiger partial charge in [0.15, 0.2) is 0 Å². The van der Waals surface area contributed by atoms with Gasteiger partial charge < -0.3 is 15.0 Å². The van der Waals surface area contributed by atoms with E-state index < -0.39 is 5.97 Å². The van der Waals surface area contributed by atoms with Gasteiger partial charge in [0.05, 0.1) is 11.0 Å². The second kappa shape index (κ2) is 7.71. The predicted molar refractivity (Wildman–Crippen MR) is 104 cm³/mol. The molecule has 27 heavy (non-hydrogen) atoms. The lowest BCUT2D eigenvalue weighted by Gasteiger charge is -2.39. The number of carboxylic acids is 1. The molecule has 0 bridgehead atoms. The minimum Gasteiger partial charge on any atom is -0.481 e. The first-order valence-electron chi connectivity index (χ1n) is 9.64. The largest absolute Gasteiger partial charge is 0.481 e. The van der Waals surface area contributed by atoms with Crippen LogP contribution in [0, 0.1) is 17.3 Å². The normalized spacial score (nSPS) is 20.8. The van der Waals surface area contributed by atoms with Gasteiger partial charge in [-0.25, -0.2) is 4.98 Å². The number of carbonyl (C=O) groups excluding carboxylic acids is 1. The molecule has 1 amide bonds. The van der Waals surface area contributed by atoms with Crippen LogP contribution in [-0.4, -0.2) is 44.9 Å². The highest BCUT2D eigenvalue weighted by atomic mass is 16.4. The number of H-pyrrole nitrogens is 1. The van der Waals surface area contributed by atoms with Gasteiger partial charge in [0.1, 0.15) is 5.82 Å². The molecule has 2 atom stereocenters. The van der Waals surface area contributed by atoms with Gasteiger partial charge >= 0.3 is 5.97 Å². The summed E-state index contributed by atoms with van der Waals surface area (Å²) in [6.45, 7) is 7.43. The van der Waals surface area contributed by atoms with Crippen LogP contribution in [-0.2, 0) is 16.0 Å². The van der Waals surface area contributed by atoms with Gasteiger partial charge in [-0.15, -0.1) is 0 Å². The Morgan fingerprint density at radius 3 is 2.67 bits per heavy atom. The fourth-order valence-electron chi connectivity index (χ4n) is 3.95. The van der Waals surface area contributed by atoms with Crippen molar-refractivity contribution in [3.8, 4) is 0 Å². The summed E-state index contributed by atoms with van der Waals surface area (Å²) in [7, 11) is 0. The molecular formula is C21H29N3O3. The summed E-state index contributed by atoms with van der Waals surface area (Å²) in [5.41, 5.74) is 1.85. The average molecular weight is 371 g/mol. The number of carbonyl (C=O) groups is 2. The fourth-order valence-corrected chi connectivity index (χ4v) is 3.95. The van der Waals surface area contributed by atoms with E-state index in [0.717, 1.165) is 23.3 Å². The van der Waals surface area contributed by atoms with E-state index >= 15 is 0 Å². The molecule has 0 radical (unpaired) electrons. The highest BCUT2D eigenvalue weighted by Gasteiger charge is 2.34. The fraction of sp³-hybridized carbons (Fsp3) is 0.571. The van der Waals surface area contributed by atoms with Gasteiger partial charge in [0, 0.05) is 32.4 Å². The number of fused-ring (bicyclic) bond motifs is 1. The molecule has 2 aromatic rings. The second-order valence-corrected chi connectivity index (χ2v) is 8.89. The lowest BCUT2D eigenvalue weighted by molar-refractivity contribution is -0.140. The Kier molecular flexibility index (Phi) is 5.53. The number of amides is 1. The SMILES string of the molecule is CC(C)(C)CC(=O)N1CCC(CC(=O)O)C(Cc2nc3ccccc3[nH]2)C1. The van der Waals surface area contributed by atoms with Gasteiger partial charge in [-0.1, -0.05) is 32.9 Å². The molecule has 1 fully saturated rings. The standard InChI is InChI=1S/C21H29N3O3/c1-21(2,3)12-19(25)24-9-8-14(11-20(26)27)15(13-24)10-18-22-16-6-4-5-7-17(16)23-18/h4-7,14-15H,8-13H2,1-3H3,(H,22,23)(H,26,27). The maximum atomic E-state index is 12.7. The lowest BCUT2D eigenvalue weighted by Crippen LogP contribution is -2.46. The Labute approximate surface area is 160 Å². The maximum Gasteiger partial charge on any atom is 0.303 e. The number of carboxylic acid groups (broad SMARTS) is 1. The number of nitrogens with one attached hydrogen (secondary N) is 1. The van der Waals surface area contributed by atoms with Crippen molar-refractivity contribution in [1.29, 1.82) is 0 Å². The van der Waals surface area contributed by atoms with Crippen LogP contribution in [0.4, 0.5) is 0 Å². The number of hydrogen-bond acceptors (Lipinski definition) is 3. The number of likely N-dealkylation sites (tertiary alicyclic amines) is 1. The zero-order valence-electron chi connectivity index (χ0n) is 16.4. The highest BCUT2D eigenvalue weighted by Crippen LogP contribution is 2.31. The van der Waals surface area contributed by atoms with Crippen molar-refractivity contribution in [1.82, 2.24) is 14.9 Å². The molecule has 3 rings (SSSR count). The lowest BCUT2D eigenvalue weighted by atomic mass is 9.80. The van der Waals surface area contributed by atoms with Crippen molar-refractivity contribution in [2.24, 2.45) is 17.3 Å². The smallest absolute Gasteiger partial charge is 0.303 e. The number of benzene rings is 1. The van der Waals surface area contributed by atoms with Crippen molar-refractivity contribution in [2.45, 2.75) is 46.5 Å². The van der Waals surface area contributed by atoms with Crippen LogP contribution in [0.5, 0.6) is 0 Å². The molecule has 1 aromatic carbocycles. The number of para-hydroxylation sites is 2. The zero-order valence-corrected chi connectivity index (χ0v) is 16.4. The first kappa shape index (κ1) is 19.4. The van der Waals surface area contributed by atoms with Gasteiger partial charge in [0.2, 0.25) is 5.91 Å². The molecule has 0 spiro atoms. The van der Waals surface area contributed by atoms with Gasteiger partial charge in [0.25, 0.3) is 0 Å². The summed E-state index contributed by atoms with van der Waals surface area (Å²) in [5.74, 6) is 0.408. The van der Waals surface area contributed by atoms with Crippen molar-refractivity contribution >= 4 is 22.9 Å². The van der Waals surface area contributed by atoms with Crippen molar-refractivity contribution in [3.05, 3.63) is 30.1 Å². The van der Waals surface area contributed by atoms with Crippen molar-refractivity contribution in [3.63, 3.8) is 0 Å². The molecule has 1 aliphatic rings. The van der Waals surface area contributed by atoms with Crippen molar-refractivity contribution in [2.75, 3.05) is 13.1 Å². The Hall–Kier alpha value is -2.37. The number of imidazole rings is 1. The molecule has 2 unspecified atom stereocenters. The van der Waals surface area contributed by atoms with E-state index in [-0.39, 0.29) is 29.6 Å². The molecule has 146 valence electrons. The van der Waals surface area contributed by atoms with E-state index in [1.54, 1.807) is 0 Å². The van der Waals surface area contributed by atoms with E-state index in [1.807, 2.05) is 29.2 Å². The third-order valence-corrected chi connectivity index (χ3v) is 5.26. The molecule has 1 saturated heterocycles. The average Bonchev–Trinajstić information content (AvgIpc) is 2.96. The number of nitrogens with zero attached hydrogens (tertiary/aromatic N) is 2. The van der Waals surface area contributed by atoms with Crippen LogP contribution in [0.2, 0.25) is 0 Å².